The molecule has 4 nitrogen and oxygen atoms in total. The Morgan fingerprint density at radius 2 is 1.95 bits per heavy atom. The number of carbonyl (C=O) groups is 2. The van der Waals surface area contributed by atoms with E-state index in [-0.39, 0.29) is 25.2 Å². The van der Waals surface area contributed by atoms with Crippen molar-refractivity contribution in [2.24, 2.45) is 5.92 Å². The summed E-state index contributed by atoms with van der Waals surface area (Å²) >= 11 is 0. The molecule has 1 heterocycles. The molecule has 0 aliphatic carbocycles. The molecule has 1 rings (SSSR count). The highest BCUT2D eigenvalue weighted by Gasteiger charge is 2.46. The second-order valence-corrected chi connectivity index (χ2v) is 6.05. The molecule has 1 fully saturated rings. The van der Waals surface area contributed by atoms with Crippen LogP contribution in [-0.2, 0) is 9.53 Å². The van der Waals surface area contributed by atoms with Crippen LogP contribution in [0.25, 0.3) is 0 Å². The lowest BCUT2D eigenvalue weighted by atomic mass is 9.88. The molecule has 0 N–H and O–H groups in total. The summed E-state index contributed by atoms with van der Waals surface area (Å²) in [5, 5.41) is 0. The Kier molecular flexibility index (Phi) is 4.53. The zero-order valence-electron chi connectivity index (χ0n) is 11.8. The molecule has 6 heteroatoms. The first-order valence-electron chi connectivity index (χ1n) is 6.36. The van der Waals surface area contributed by atoms with E-state index in [1.807, 2.05) is 0 Å². The summed E-state index contributed by atoms with van der Waals surface area (Å²) in [4.78, 5) is 23.7. The monoisotopic (exact) mass is 277 g/mol. The van der Waals surface area contributed by atoms with Gasteiger partial charge in [-0.3, -0.25) is 0 Å². The summed E-state index contributed by atoms with van der Waals surface area (Å²) in [7, 11) is 0. The molecule has 0 bridgehead atoms. The van der Waals surface area contributed by atoms with Crippen LogP contribution in [0.4, 0.5) is 13.6 Å². The number of nitrogens with zero attached hydrogens (tertiary/aromatic N) is 1. The first-order valence-corrected chi connectivity index (χ1v) is 6.36. The number of alkyl halides is 2. The molecule has 1 aliphatic heterocycles. The van der Waals surface area contributed by atoms with Crippen molar-refractivity contribution in [2.45, 2.75) is 52.1 Å². The number of rotatable bonds is 2. The minimum atomic E-state index is -3.04. The van der Waals surface area contributed by atoms with Gasteiger partial charge in [0.05, 0.1) is 6.54 Å². The highest BCUT2D eigenvalue weighted by Crippen LogP contribution is 2.35. The van der Waals surface area contributed by atoms with Crippen molar-refractivity contribution in [3.05, 3.63) is 0 Å². The van der Waals surface area contributed by atoms with Gasteiger partial charge in [0, 0.05) is 18.9 Å². The minimum Gasteiger partial charge on any atom is -0.444 e. The van der Waals surface area contributed by atoms with Crippen molar-refractivity contribution in [3.63, 3.8) is 0 Å². The van der Waals surface area contributed by atoms with Crippen LogP contribution in [0.2, 0.25) is 0 Å². The Morgan fingerprint density at radius 3 is 2.37 bits per heavy atom. The van der Waals surface area contributed by atoms with Crippen LogP contribution in [0.15, 0.2) is 0 Å². The van der Waals surface area contributed by atoms with Crippen LogP contribution in [0.5, 0.6) is 0 Å². The highest BCUT2D eigenvalue weighted by molar-refractivity contribution is 5.76. The third kappa shape index (κ3) is 4.76. The Morgan fingerprint density at radius 1 is 1.37 bits per heavy atom. The zero-order chi connectivity index (χ0) is 14.8. The van der Waals surface area contributed by atoms with E-state index in [4.69, 9.17) is 4.74 Å². The Labute approximate surface area is 112 Å². The first-order chi connectivity index (χ1) is 8.51. The van der Waals surface area contributed by atoms with Crippen LogP contribution >= 0.6 is 0 Å². The average Bonchev–Trinajstić information content (AvgIpc) is 2.17. The summed E-state index contributed by atoms with van der Waals surface area (Å²) in [6, 6.07) is 0. The summed E-state index contributed by atoms with van der Waals surface area (Å²) < 4.78 is 32.8. The number of piperidine rings is 1. The Bertz CT molecular complexity index is 363. The molecule has 110 valence electrons. The molecule has 0 spiro atoms. The Balaban J connectivity index is 2.65. The van der Waals surface area contributed by atoms with E-state index in [9.17, 15) is 18.4 Å². The fourth-order valence-corrected chi connectivity index (χ4v) is 2.07. The lowest BCUT2D eigenvalue weighted by Crippen LogP contribution is -2.52. The zero-order valence-corrected chi connectivity index (χ0v) is 11.8. The standard InChI is InChI=1S/C13H21F2NO3/c1-9(17)7-10-5-6-16(8-13(10,14)15)11(18)19-12(2,3)4/h10H,5-8H2,1-4H3. The Hall–Kier alpha value is -1.20. The van der Waals surface area contributed by atoms with Gasteiger partial charge in [-0.15, -0.1) is 0 Å². The maximum atomic E-state index is 13.9. The number of hydrogen-bond donors (Lipinski definition) is 0. The number of Topliss-reactive ketones (excluding diaryl/α,β-unsaturated/α-hetero) is 1. The fourth-order valence-electron chi connectivity index (χ4n) is 2.07. The summed E-state index contributed by atoms with van der Waals surface area (Å²) in [5.74, 6) is -4.28. The average molecular weight is 277 g/mol. The van der Waals surface area contributed by atoms with Gasteiger partial charge in [-0.05, 0) is 34.1 Å². The van der Waals surface area contributed by atoms with Gasteiger partial charge in [0.25, 0.3) is 5.92 Å². The van der Waals surface area contributed by atoms with Gasteiger partial charge in [-0.2, -0.15) is 0 Å². The largest absolute Gasteiger partial charge is 0.444 e. The van der Waals surface area contributed by atoms with Crippen LogP contribution in [0.1, 0.15) is 40.5 Å². The van der Waals surface area contributed by atoms with Crippen LogP contribution in [0, 0.1) is 5.92 Å². The second-order valence-electron chi connectivity index (χ2n) is 6.05. The van der Waals surface area contributed by atoms with E-state index < -0.39 is 30.1 Å². The molecular formula is C13H21F2NO3. The maximum Gasteiger partial charge on any atom is 0.410 e. The third-order valence-electron chi connectivity index (χ3n) is 2.93. The van der Waals surface area contributed by atoms with Crippen molar-refractivity contribution in [1.82, 2.24) is 4.90 Å². The van der Waals surface area contributed by atoms with Gasteiger partial charge in [-0.25, -0.2) is 13.6 Å². The summed E-state index contributed by atoms with van der Waals surface area (Å²) in [6.45, 7) is 5.88. The number of ether oxygens (including phenoxy) is 1. The summed E-state index contributed by atoms with van der Waals surface area (Å²) in [6.07, 6.45) is -0.755. The van der Waals surface area contributed by atoms with E-state index >= 15 is 0 Å². The number of ketones is 1. The van der Waals surface area contributed by atoms with Gasteiger partial charge in [0.15, 0.2) is 0 Å². The molecule has 0 saturated carbocycles. The molecular weight excluding hydrogens is 256 g/mol. The lowest BCUT2D eigenvalue weighted by Gasteiger charge is -2.38. The molecule has 1 atom stereocenters. The van der Waals surface area contributed by atoms with Crippen LogP contribution in [0.3, 0.4) is 0 Å². The van der Waals surface area contributed by atoms with E-state index in [1.165, 1.54) is 6.92 Å². The molecule has 1 unspecified atom stereocenters. The van der Waals surface area contributed by atoms with Crippen molar-refractivity contribution >= 4 is 11.9 Å². The summed E-state index contributed by atoms with van der Waals surface area (Å²) in [5.41, 5.74) is -0.706. The van der Waals surface area contributed by atoms with Crippen LogP contribution < -0.4 is 0 Å². The number of halogens is 2. The number of likely N-dealkylation sites (tertiary alicyclic amines) is 1. The molecule has 1 aliphatic rings. The normalized spacial score (nSPS) is 23.1. The molecule has 0 radical (unpaired) electrons. The van der Waals surface area contributed by atoms with Gasteiger partial charge >= 0.3 is 6.09 Å². The molecule has 1 saturated heterocycles. The number of hydrogen-bond acceptors (Lipinski definition) is 3. The van der Waals surface area contributed by atoms with E-state index in [0.29, 0.717) is 0 Å². The predicted octanol–water partition coefficient (Wildman–Crippen LogP) is 2.86. The minimum absolute atomic E-state index is 0.117. The van der Waals surface area contributed by atoms with Crippen LogP contribution in [-0.4, -0.2) is 41.4 Å². The maximum absolute atomic E-state index is 13.9. The molecule has 0 aromatic rings. The first kappa shape index (κ1) is 15.9. The smallest absolute Gasteiger partial charge is 0.410 e. The van der Waals surface area contributed by atoms with E-state index in [1.54, 1.807) is 20.8 Å². The molecule has 0 aromatic heterocycles. The van der Waals surface area contributed by atoms with Gasteiger partial charge in [0.1, 0.15) is 11.4 Å². The van der Waals surface area contributed by atoms with Crippen molar-refractivity contribution in [1.29, 1.82) is 0 Å². The highest BCUT2D eigenvalue weighted by atomic mass is 19.3. The third-order valence-corrected chi connectivity index (χ3v) is 2.93. The lowest BCUT2D eigenvalue weighted by molar-refractivity contribution is -0.132. The van der Waals surface area contributed by atoms with Gasteiger partial charge in [-0.1, -0.05) is 0 Å². The number of carbonyl (C=O) groups excluding carboxylic acids is 2. The second kappa shape index (κ2) is 5.43. The van der Waals surface area contributed by atoms with E-state index in [0.717, 1.165) is 4.90 Å². The topological polar surface area (TPSA) is 46.6 Å². The molecule has 19 heavy (non-hydrogen) atoms. The predicted molar refractivity (Wildman–Crippen MR) is 66.2 cm³/mol. The van der Waals surface area contributed by atoms with Crippen molar-refractivity contribution in [3.8, 4) is 0 Å². The molecule has 0 aromatic carbocycles. The van der Waals surface area contributed by atoms with Gasteiger partial charge < -0.3 is 14.4 Å². The van der Waals surface area contributed by atoms with Crippen molar-refractivity contribution < 1.29 is 23.1 Å². The quantitative estimate of drug-likeness (QED) is 0.779. The van der Waals surface area contributed by atoms with Crippen molar-refractivity contribution in [2.75, 3.05) is 13.1 Å². The fraction of sp³-hybridized carbons (Fsp3) is 0.846. The SMILES string of the molecule is CC(=O)CC1CCN(C(=O)OC(C)(C)C)CC1(F)F. The molecule has 1 amide bonds. The number of amides is 1. The van der Waals surface area contributed by atoms with E-state index in [2.05, 4.69) is 0 Å². The van der Waals surface area contributed by atoms with Gasteiger partial charge in [0.2, 0.25) is 0 Å².